The molecule has 0 saturated carbocycles. The van der Waals surface area contributed by atoms with E-state index in [1.807, 2.05) is 5.38 Å². The van der Waals surface area contributed by atoms with E-state index < -0.39 is 0 Å². The second kappa shape index (κ2) is 2.04. The SMILES string of the molecule is c1css[nH]o1. The molecule has 0 aliphatic carbocycles. The van der Waals surface area contributed by atoms with Crippen molar-refractivity contribution in [2.75, 3.05) is 0 Å². The quantitative estimate of drug-likeness (QED) is 0.521. The maximum absolute atomic E-state index is 4.58. The summed E-state index contributed by atoms with van der Waals surface area (Å²) in [5.41, 5.74) is 0. The fourth-order valence-electron chi connectivity index (χ4n) is 0.145. The van der Waals surface area contributed by atoms with Crippen LogP contribution in [0.2, 0.25) is 0 Å². The van der Waals surface area contributed by atoms with Crippen molar-refractivity contribution in [1.82, 2.24) is 4.55 Å². The molecule has 34 valence electrons. The van der Waals surface area contributed by atoms with Gasteiger partial charge in [-0.2, -0.15) is 4.55 Å². The summed E-state index contributed by atoms with van der Waals surface area (Å²) in [5.74, 6) is 0. The lowest BCUT2D eigenvalue weighted by Gasteiger charge is -1.72. The summed E-state index contributed by atoms with van der Waals surface area (Å²) in [5, 5.41) is 1.86. The Labute approximate surface area is 42.2 Å². The minimum Gasteiger partial charge on any atom is -0.379 e. The third kappa shape index (κ3) is 0.874. The molecule has 0 radical (unpaired) electrons. The first-order chi connectivity index (χ1) is 3.00. The van der Waals surface area contributed by atoms with Crippen LogP contribution in [-0.4, -0.2) is 4.55 Å². The van der Waals surface area contributed by atoms with E-state index in [2.05, 4.69) is 9.07 Å². The molecule has 0 fully saturated rings. The molecule has 1 heterocycles. The molecular weight excluding hydrogens is 118 g/mol. The smallest absolute Gasteiger partial charge is 0.131 e. The van der Waals surface area contributed by atoms with Gasteiger partial charge in [0.2, 0.25) is 0 Å². The van der Waals surface area contributed by atoms with E-state index >= 15 is 0 Å². The van der Waals surface area contributed by atoms with E-state index in [4.69, 9.17) is 0 Å². The molecule has 0 unspecified atom stereocenters. The van der Waals surface area contributed by atoms with Crippen LogP contribution in [0, 0.1) is 0 Å². The van der Waals surface area contributed by atoms with Gasteiger partial charge in [-0.1, -0.05) is 10.3 Å². The first-order valence-electron chi connectivity index (χ1n) is 1.38. The van der Waals surface area contributed by atoms with Gasteiger partial charge in [0.15, 0.2) is 0 Å². The summed E-state index contributed by atoms with van der Waals surface area (Å²) in [4.78, 5) is 0. The van der Waals surface area contributed by atoms with Crippen LogP contribution in [0.5, 0.6) is 0 Å². The molecule has 0 aliphatic heterocycles. The molecule has 4 heteroatoms. The molecule has 0 atom stereocenters. The van der Waals surface area contributed by atoms with Crippen LogP contribution in [-0.2, 0) is 0 Å². The van der Waals surface area contributed by atoms with E-state index in [1.165, 1.54) is 10.5 Å². The minimum atomic E-state index is 1.45. The van der Waals surface area contributed by atoms with E-state index in [-0.39, 0.29) is 0 Å². The van der Waals surface area contributed by atoms with Gasteiger partial charge in [-0.15, -0.1) is 0 Å². The van der Waals surface area contributed by atoms with E-state index in [0.29, 0.717) is 0 Å². The van der Waals surface area contributed by atoms with E-state index in [1.54, 1.807) is 16.6 Å². The summed E-state index contributed by atoms with van der Waals surface area (Å²) in [6.07, 6.45) is 1.60. The Kier molecular flexibility index (Phi) is 1.35. The molecule has 6 heavy (non-hydrogen) atoms. The lowest BCUT2D eigenvalue weighted by molar-refractivity contribution is 0.430. The van der Waals surface area contributed by atoms with Gasteiger partial charge in [-0.3, -0.25) is 0 Å². The first kappa shape index (κ1) is 3.95. The second-order valence-electron chi connectivity index (χ2n) is 0.653. The summed E-state index contributed by atoms with van der Waals surface area (Å²) >= 11 is 0. The van der Waals surface area contributed by atoms with Crippen molar-refractivity contribution in [3.8, 4) is 0 Å². The Bertz CT molecular complexity index is 83.5. The van der Waals surface area contributed by atoms with Gasteiger partial charge in [0.1, 0.15) is 6.26 Å². The normalized spacial score (nSPS) is 8.00. The van der Waals surface area contributed by atoms with Gasteiger partial charge >= 0.3 is 0 Å². The highest BCUT2D eigenvalue weighted by Crippen LogP contribution is 1.95. The molecule has 1 N–H and O–H groups in total. The Balaban J connectivity index is 3.00. The molecular formula is C2H3NOS2. The number of H-pyrrole nitrogens is 1. The molecule has 1 aromatic heterocycles. The topological polar surface area (TPSA) is 28.9 Å². The van der Waals surface area contributed by atoms with Gasteiger partial charge in [-0.05, 0) is 0 Å². The van der Waals surface area contributed by atoms with Crippen LogP contribution < -0.4 is 0 Å². The highest BCUT2D eigenvalue weighted by atomic mass is 32.9. The molecule has 0 amide bonds. The number of rotatable bonds is 0. The Morgan fingerprint density at radius 2 is 2.67 bits per heavy atom. The number of hydrogen-bond donors (Lipinski definition) is 1. The molecule has 0 aliphatic rings. The second-order valence-corrected chi connectivity index (χ2v) is 2.53. The number of hydrogen-bond acceptors (Lipinski definition) is 3. The van der Waals surface area contributed by atoms with Gasteiger partial charge < -0.3 is 4.52 Å². The average Bonchev–Trinajstić information content (AvgIpc) is 1.72. The number of nitrogens with one attached hydrogen (secondary N) is 1. The van der Waals surface area contributed by atoms with Gasteiger partial charge in [0, 0.05) is 15.9 Å². The van der Waals surface area contributed by atoms with Crippen molar-refractivity contribution >= 4 is 20.9 Å². The molecule has 0 bridgehead atoms. The van der Waals surface area contributed by atoms with Crippen molar-refractivity contribution in [2.24, 2.45) is 0 Å². The van der Waals surface area contributed by atoms with Gasteiger partial charge in [0.05, 0.1) is 0 Å². The van der Waals surface area contributed by atoms with Crippen LogP contribution >= 0.6 is 20.9 Å². The highest BCUT2D eigenvalue weighted by Gasteiger charge is 1.59. The largest absolute Gasteiger partial charge is 0.379 e. The maximum atomic E-state index is 4.58. The minimum absolute atomic E-state index is 1.45. The Hall–Kier alpha value is -0.220. The van der Waals surface area contributed by atoms with Gasteiger partial charge in [-0.25, -0.2) is 0 Å². The van der Waals surface area contributed by atoms with Crippen molar-refractivity contribution in [3.63, 3.8) is 0 Å². The zero-order valence-corrected chi connectivity index (χ0v) is 4.51. The molecule has 0 spiro atoms. The molecule has 1 rings (SSSR count). The number of aromatic amines is 1. The van der Waals surface area contributed by atoms with Gasteiger partial charge in [0.25, 0.3) is 0 Å². The zero-order valence-electron chi connectivity index (χ0n) is 2.88. The van der Waals surface area contributed by atoms with Crippen molar-refractivity contribution in [1.29, 1.82) is 0 Å². The highest BCUT2D eigenvalue weighted by molar-refractivity contribution is 7.65. The zero-order chi connectivity index (χ0) is 4.24. The average molecular weight is 121 g/mol. The summed E-state index contributed by atoms with van der Waals surface area (Å²) in [6.45, 7) is 0. The van der Waals surface area contributed by atoms with Crippen molar-refractivity contribution in [3.05, 3.63) is 11.6 Å². The third-order valence-corrected chi connectivity index (χ3v) is 1.62. The van der Waals surface area contributed by atoms with Crippen molar-refractivity contribution in [2.45, 2.75) is 0 Å². The predicted octanol–water partition coefficient (Wildman–Crippen LogP) is 1.86. The first-order valence-corrected chi connectivity index (χ1v) is 3.59. The molecule has 0 aromatic carbocycles. The van der Waals surface area contributed by atoms with Crippen LogP contribution in [0.3, 0.4) is 0 Å². The fraction of sp³-hybridized carbons (Fsp3) is 0. The lowest BCUT2D eigenvalue weighted by Crippen LogP contribution is -1.48. The Morgan fingerprint density at radius 1 is 1.67 bits per heavy atom. The lowest BCUT2D eigenvalue weighted by atomic mass is 11.1. The molecule has 2 nitrogen and oxygen atoms in total. The van der Waals surface area contributed by atoms with Crippen molar-refractivity contribution < 1.29 is 4.52 Å². The Morgan fingerprint density at radius 3 is 2.83 bits per heavy atom. The van der Waals surface area contributed by atoms with E-state index in [0.717, 1.165) is 0 Å². The van der Waals surface area contributed by atoms with E-state index in [9.17, 15) is 0 Å². The number of aromatic nitrogens is 1. The van der Waals surface area contributed by atoms with Crippen LogP contribution in [0.1, 0.15) is 0 Å². The predicted molar refractivity (Wildman–Crippen MR) is 26.4 cm³/mol. The molecule has 0 saturated heterocycles. The van der Waals surface area contributed by atoms with Crippen LogP contribution in [0.25, 0.3) is 0 Å². The van der Waals surface area contributed by atoms with Crippen LogP contribution in [0.4, 0.5) is 0 Å². The standard InChI is InChI=1S/C2H3NOS2/c1-2-5-6-3-4-1/h1-3H. The summed E-state index contributed by atoms with van der Waals surface area (Å²) in [7, 11) is 3.05. The van der Waals surface area contributed by atoms with Crippen LogP contribution in [0.15, 0.2) is 16.2 Å². The summed E-state index contributed by atoms with van der Waals surface area (Å²) < 4.78 is 7.16. The fourth-order valence-corrected chi connectivity index (χ4v) is 0.974. The third-order valence-electron chi connectivity index (χ3n) is 0.309. The monoisotopic (exact) mass is 121 g/mol. The summed E-state index contributed by atoms with van der Waals surface area (Å²) in [6, 6.07) is 0. The maximum Gasteiger partial charge on any atom is 0.131 e. The molecule has 1 aromatic rings.